The van der Waals surface area contributed by atoms with Crippen LogP contribution in [0.1, 0.15) is 30.3 Å². The molecule has 0 spiro atoms. The van der Waals surface area contributed by atoms with Gasteiger partial charge in [-0.2, -0.15) is 5.26 Å². The van der Waals surface area contributed by atoms with Gasteiger partial charge in [-0.1, -0.05) is 0 Å². The maximum atomic E-state index is 11.6. The lowest BCUT2D eigenvalue weighted by atomic mass is 10.4. The van der Waals surface area contributed by atoms with Crippen LogP contribution in [0.15, 0.2) is 21.2 Å². The number of nitriles is 1. The van der Waals surface area contributed by atoms with Crippen LogP contribution in [-0.2, 0) is 0 Å². The number of aromatic nitrogens is 5. The zero-order chi connectivity index (χ0) is 13.4. The molecule has 0 saturated heterocycles. The van der Waals surface area contributed by atoms with E-state index < -0.39 is 0 Å². The fourth-order valence-corrected chi connectivity index (χ4v) is 2.66. The van der Waals surface area contributed by atoms with Gasteiger partial charge in [0.2, 0.25) is 0 Å². The standard InChI is InChI=1S/C11H10N6OS/c1-6-4-7(5-12)14-9(13-6)19-11-16-15-10(18)17(11)8-2-3-8/h4,8H,2-3H2,1H3,(H,15,18). The third kappa shape index (κ3) is 2.37. The van der Waals surface area contributed by atoms with Crippen LogP contribution in [0.2, 0.25) is 0 Å². The van der Waals surface area contributed by atoms with Crippen LogP contribution in [0.3, 0.4) is 0 Å². The molecule has 0 unspecified atom stereocenters. The summed E-state index contributed by atoms with van der Waals surface area (Å²) in [6.45, 7) is 1.80. The Bertz CT molecular complexity index is 724. The van der Waals surface area contributed by atoms with Gasteiger partial charge < -0.3 is 0 Å². The van der Waals surface area contributed by atoms with Crippen molar-refractivity contribution in [2.75, 3.05) is 0 Å². The fourth-order valence-electron chi connectivity index (χ4n) is 1.74. The summed E-state index contributed by atoms with van der Waals surface area (Å²) in [5.41, 5.74) is 0.814. The molecule has 2 aromatic heterocycles. The van der Waals surface area contributed by atoms with Crippen LogP contribution in [0, 0.1) is 18.3 Å². The summed E-state index contributed by atoms with van der Waals surface area (Å²) in [6, 6.07) is 3.83. The quantitative estimate of drug-likeness (QED) is 0.839. The molecule has 0 aliphatic heterocycles. The van der Waals surface area contributed by atoms with E-state index in [-0.39, 0.29) is 11.7 Å². The molecule has 19 heavy (non-hydrogen) atoms. The predicted molar refractivity (Wildman–Crippen MR) is 66.7 cm³/mol. The Balaban J connectivity index is 1.95. The number of rotatable bonds is 3. The molecule has 1 aliphatic carbocycles. The average Bonchev–Trinajstić information content (AvgIpc) is 3.14. The van der Waals surface area contributed by atoms with E-state index in [1.54, 1.807) is 17.6 Å². The van der Waals surface area contributed by atoms with E-state index in [1.807, 2.05) is 6.07 Å². The molecular formula is C11H10N6OS. The van der Waals surface area contributed by atoms with Crippen molar-refractivity contribution in [2.24, 2.45) is 0 Å². The second kappa shape index (κ2) is 4.51. The van der Waals surface area contributed by atoms with Gasteiger partial charge in [0.1, 0.15) is 11.8 Å². The topological polar surface area (TPSA) is 100 Å². The van der Waals surface area contributed by atoms with E-state index in [2.05, 4.69) is 20.2 Å². The van der Waals surface area contributed by atoms with Crippen LogP contribution in [-0.4, -0.2) is 24.7 Å². The monoisotopic (exact) mass is 274 g/mol. The summed E-state index contributed by atoms with van der Waals surface area (Å²) in [5.74, 6) is 0. The van der Waals surface area contributed by atoms with Gasteiger partial charge >= 0.3 is 5.69 Å². The van der Waals surface area contributed by atoms with Crippen molar-refractivity contribution in [2.45, 2.75) is 36.1 Å². The van der Waals surface area contributed by atoms with Crippen molar-refractivity contribution in [3.63, 3.8) is 0 Å². The Labute approximate surface area is 112 Å². The predicted octanol–water partition coefficient (Wildman–Crippen LogP) is 1.03. The SMILES string of the molecule is Cc1cc(C#N)nc(Sc2n[nH]c(=O)n2C2CC2)n1. The van der Waals surface area contributed by atoms with Gasteiger partial charge in [-0.15, -0.1) is 5.10 Å². The van der Waals surface area contributed by atoms with Gasteiger partial charge in [-0.05, 0) is 37.6 Å². The van der Waals surface area contributed by atoms with E-state index >= 15 is 0 Å². The molecule has 8 heteroatoms. The lowest BCUT2D eigenvalue weighted by Crippen LogP contribution is -2.16. The highest BCUT2D eigenvalue weighted by molar-refractivity contribution is 7.99. The summed E-state index contributed by atoms with van der Waals surface area (Å²) in [5, 5.41) is 16.3. The Hall–Kier alpha value is -2.14. The molecule has 2 aromatic rings. The molecule has 0 aromatic carbocycles. The highest BCUT2D eigenvalue weighted by Gasteiger charge is 2.29. The second-order valence-corrected chi connectivity index (χ2v) is 5.24. The first-order chi connectivity index (χ1) is 9.17. The molecule has 3 rings (SSSR count). The summed E-state index contributed by atoms with van der Waals surface area (Å²) < 4.78 is 1.63. The number of nitrogens with zero attached hydrogens (tertiary/aromatic N) is 5. The van der Waals surface area contributed by atoms with Crippen molar-refractivity contribution in [1.29, 1.82) is 5.26 Å². The Kier molecular flexibility index (Phi) is 2.83. The van der Waals surface area contributed by atoms with Crippen molar-refractivity contribution < 1.29 is 0 Å². The van der Waals surface area contributed by atoms with Gasteiger partial charge in [-0.25, -0.2) is 19.9 Å². The molecule has 0 atom stereocenters. The van der Waals surface area contributed by atoms with Crippen molar-refractivity contribution in [1.82, 2.24) is 24.7 Å². The summed E-state index contributed by atoms with van der Waals surface area (Å²) in [4.78, 5) is 20.0. The third-order valence-electron chi connectivity index (χ3n) is 2.71. The molecule has 0 radical (unpaired) electrons. The van der Waals surface area contributed by atoms with E-state index in [4.69, 9.17) is 5.26 Å². The number of hydrogen-bond acceptors (Lipinski definition) is 6. The molecular weight excluding hydrogens is 264 g/mol. The maximum absolute atomic E-state index is 11.6. The van der Waals surface area contributed by atoms with E-state index in [0.717, 1.165) is 12.8 Å². The van der Waals surface area contributed by atoms with Crippen molar-refractivity contribution >= 4 is 11.8 Å². The second-order valence-electron chi connectivity index (χ2n) is 4.30. The van der Waals surface area contributed by atoms with Gasteiger partial charge in [0.05, 0.1) is 0 Å². The zero-order valence-corrected chi connectivity index (χ0v) is 10.9. The minimum Gasteiger partial charge on any atom is -0.267 e. The van der Waals surface area contributed by atoms with Crippen LogP contribution < -0.4 is 5.69 Å². The third-order valence-corrected chi connectivity index (χ3v) is 3.55. The first kappa shape index (κ1) is 11.9. The normalized spacial score (nSPS) is 14.3. The Morgan fingerprint density at radius 3 is 3.00 bits per heavy atom. The van der Waals surface area contributed by atoms with Gasteiger partial charge in [-0.3, -0.25) is 4.57 Å². The molecule has 96 valence electrons. The molecule has 1 fully saturated rings. The molecule has 2 heterocycles. The molecule has 1 saturated carbocycles. The zero-order valence-electron chi connectivity index (χ0n) is 10.1. The van der Waals surface area contributed by atoms with Gasteiger partial charge in [0, 0.05) is 11.7 Å². The number of nitrogens with one attached hydrogen (secondary N) is 1. The fraction of sp³-hybridized carbons (Fsp3) is 0.364. The Morgan fingerprint density at radius 2 is 2.32 bits per heavy atom. The molecule has 1 aliphatic rings. The number of aromatic amines is 1. The van der Waals surface area contributed by atoms with Crippen LogP contribution in [0.4, 0.5) is 0 Å². The summed E-state index contributed by atoms with van der Waals surface area (Å²) in [6.07, 6.45) is 1.98. The lowest BCUT2D eigenvalue weighted by molar-refractivity contribution is 0.641. The molecule has 7 nitrogen and oxygen atoms in total. The molecule has 0 bridgehead atoms. The van der Waals surface area contributed by atoms with Gasteiger partial charge in [0.25, 0.3) is 0 Å². The smallest absolute Gasteiger partial charge is 0.267 e. The first-order valence-electron chi connectivity index (χ1n) is 5.78. The number of aryl methyl sites for hydroxylation is 1. The van der Waals surface area contributed by atoms with E-state index in [1.165, 1.54) is 11.8 Å². The largest absolute Gasteiger partial charge is 0.344 e. The maximum Gasteiger partial charge on any atom is 0.344 e. The Morgan fingerprint density at radius 1 is 1.53 bits per heavy atom. The minimum atomic E-state index is -0.210. The summed E-state index contributed by atoms with van der Waals surface area (Å²) >= 11 is 1.19. The van der Waals surface area contributed by atoms with E-state index in [0.29, 0.717) is 21.7 Å². The lowest BCUT2D eigenvalue weighted by Gasteiger charge is -2.03. The van der Waals surface area contributed by atoms with Crippen molar-refractivity contribution in [3.8, 4) is 6.07 Å². The minimum absolute atomic E-state index is 0.210. The average molecular weight is 274 g/mol. The number of hydrogen-bond donors (Lipinski definition) is 1. The summed E-state index contributed by atoms with van der Waals surface area (Å²) in [7, 11) is 0. The van der Waals surface area contributed by atoms with Crippen LogP contribution in [0.25, 0.3) is 0 Å². The number of H-pyrrole nitrogens is 1. The van der Waals surface area contributed by atoms with Gasteiger partial charge in [0.15, 0.2) is 10.3 Å². The molecule has 1 N–H and O–H groups in total. The van der Waals surface area contributed by atoms with Crippen LogP contribution in [0.5, 0.6) is 0 Å². The van der Waals surface area contributed by atoms with Crippen LogP contribution >= 0.6 is 11.8 Å². The highest BCUT2D eigenvalue weighted by Crippen LogP contribution is 2.37. The first-order valence-corrected chi connectivity index (χ1v) is 6.59. The van der Waals surface area contributed by atoms with E-state index in [9.17, 15) is 4.79 Å². The molecule has 0 amide bonds. The van der Waals surface area contributed by atoms with Crippen molar-refractivity contribution in [3.05, 3.63) is 27.9 Å². The highest BCUT2D eigenvalue weighted by atomic mass is 32.2.